The first kappa shape index (κ1) is 10.5. The summed E-state index contributed by atoms with van der Waals surface area (Å²) in [4.78, 5) is 0.336. The maximum Gasteiger partial charge on any atom is 0.175 e. The summed E-state index contributed by atoms with van der Waals surface area (Å²) in [5, 5.41) is 0.456. The van der Waals surface area contributed by atoms with Crippen LogP contribution in [0.25, 0.3) is 0 Å². The molecule has 0 fully saturated rings. The molecule has 0 unspecified atom stereocenters. The van der Waals surface area contributed by atoms with Crippen LogP contribution in [-0.2, 0) is 9.84 Å². The zero-order chi connectivity index (χ0) is 10.1. The standard InChI is InChI=1S/C9H11ClO2S/c1-7-4-3-5-8(10)6-9(7)13(2,11)12/h3,5-6H,4H2,1-2H3. The molecule has 0 bridgehead atoms. The first-order chi connectivity index (χ1) is 5.91. The topological polar surface area (TPSA) is 34.1 Å². The number of rotatable bonds is 1. The summed E-state index contributed by atoms with van der Waals surface area (Å²) in [7, 11) is -3.15. The summed E-state index contributed by atoms with van der Waals surface area (Å²) in [6.07, 6.45) is 6.89. The second-order valence-corrected chi connectivity index (χ2v) is 5.47. The average molecular weight is 219 g/mol. The maximum atomic E-state index is 11.3. The smallest absolute Gasteiger partial charge is 0.175 e. The minimum Gasteiger partial charge on any atom is -0.224 e. The van der Waals surface area contributed by atoms with E-state index in [2.05, 4.69) is 0 Å². The fraction of sp³-hybridized carbons (Fsp3) is 0.333. The summed E-state index contributed by atoms with van der Waals surface area (Å²) < 4.78 is 22.6. The molecule has 0 amide bonds. The molecule has 0 aromatic rings. The van der Waals surface area contributed by atoms with Gasteiger partial charge in [0.2, 0.25) is 0 Å². The number of sulfone groups is 1. The van der Waals surface area contributed by atoms with Crippen LogP contribution in [0.4, 0.5) is 0 Å². The van der Waals surface area contributed by atoms with E-state index in [0.29, 0.717) is 16.4 Å². The van der Waals surface area contributed by atoms with E-state index in [-0.39, 0.29) is 0 Å². The van der Waals surface area contributed by atoms with Crippen molar-refractivity contribution in [2.24, 2.45) is 0 Å². The molecule has 1 aliphatic rings. The van der Waals surface area contributed by atoms with Crippen molar-refractivity contribution < 1.29 is 8.42 Å². The molecule has 0 aromatic carbocycles. The van der Waals surface area contributed by atoms with Crippen molar-refractivity contribution in [2.45, 2.75) is 13.3 Å². The van der Waals surface area contributed by atoms with Crippen molar-refractivity contribution in [2.75, 3.05) is 6.26 Å². The lowest BCUT2D eigenvalue weighted by atomic mass is 10.2. The average Bonchev–Trinajstić information content (AvgIpc) is 2.11. The summed E-state index contributed by atoms with van der Waals surface area (Å²) in [5.74, 6) is 0. The van der Waals surface area contributed by atoms with E-state index < -0.39 is 9.84 Å². The molecule has 0 aliphatic heterocycles. The summed E-state index contributed by atoms with van der Waals surface area (Å²) >= 11 is 5.76. The zero-order valence-electron chi connectivity index (χ0n) is 7.54. The predicted octanol–water partition coefficient (Wildman–Crippen LogP) is 2.39. The van der Waals surface area contributed by atoms with Crippen molar-refractivity contribution in [3.8, 4) is 0 Å². The van der Waals surface area contributed by atoms with Crippen LogP contribution in [0.5, 0.6) is 0 Å². The van der Waals surface area contributed by atoms with E-state index in [1.54, 1.807) is 13.0 Å². The van der Waals surface area contributed by atoms with Crippen molar-refractivity contribution >= 4 is 21.4 Å². The Kier molecular flexibility index (Phi) is 2.98. The van der Waals surface area contributed by atoms with Gasteiger partial charge in [0.25, 0.3) is 0 Å². The van der Waals surface area contributed by atoms with E-state index in [0.717, 1.165) is 5.57 Å². The van der Waals surface area contributed by atoms with Crippen LogP contribution in [0.1, 0.15) is 13.3 Å². The van der Waals surface area contributed by atoms with Gasteiger partial charge in [0, 0.05) is 11.3 Å². The largest absolute Gasteiger partial charge is 0.224 e. The van der Waals surface area contributed by atoms with Gasteiger partial charge in [0.1, 0.15) is 0 Å². The molecule has 4 heteroatoms. The van der Waals surface area contributed by atoms with Gasteiger partial charge in [-0.05, 0) is 25.5 Å². The highest BCUT2D eigenvalue weighted by atomic mass is 35.5. The summed E-state index contributed by atoms with van der Waals surface area (Å²) in [6, 6.07) is 0. The van der Waals surface area contributed by atoms with Crippen molar-refractivity contribution in [1.29, 1.82) is 0 Å². The Hall–Kier alpha value is -0.540. The van der Waals surface area contributed by atoms with Crippen LogP contribution >= 0.6 is 11.6 Å². The van der Waals surface area contributed by atoms with E-state index in [9.17, 15) is 8.42 Å². The molecule has 1 aliphatic carbocycles. The molecule has 0 radical (unpaired) electrons. The SMILES string of the molecule is CC1=C(S(C)(=O)=O)C=C(Cl)C=CC1. The van der Waals surface area contributed by atoms with Gasteiger partial charge in [-0.3, -0.25) is 0 Å². The summed E-state index contributed by atoms with van der Waals surface area (Å²) in [6.45, 7) is 1.80. The molecular weight excluding hydrogens is 208 g/mol. The minimum atomic E-state index is -3.15. The van der Waals surface area contributed by atoms with Crippen molar-refractivity contribution in [1.82, 2.24) is 0 Å². The van der Waals surface area contributed by atoms with Crippen LogP contribution < -0.4 is 0 Å². The van der Waals surface area contributed by atoms with E-state index in [1.165, 1.54) is 12.3 Å². The minimum absolute atomic E-state index is 0.336. The van der Waals surface area contributed by atoms with Gasteiger partial charge in [0.15, 0.2) is 9.84 Å². The van der Waals surface area contributed by atoms with Crippen LogP contribution in [0.2, 0.25) is 0 Å². The van der Waals surface area contributed by atoms with Gasteiger partial charge in [-0.2, -0.15) is 0 Å². The van der Waals surface area contributed by atoms with E-state index in [4.69, 9.17) is 11.6 Å². The second-order valence-electron chi connectivity index (χ2n) is 3.05. The molecule has 1 rings (SSSR count). The Morgan fingerprint density at radius 1 is 1.46 bits per heavy atom. The van der Waals surface area contributed by atoms with Gasteiger partial charge in [0.05, 0.1) is 4.91 Å². The Labute approximate surface area is 83.5 Å². The molecule has 0 saturated carbocycles. The Balaban J connectivity index is 3.29. The highest BCUT2D eigenvalue weighted by Crippen LogP contribution is 2.23. The number of allylic oxidation sites excluding steroid dienone is 5. The Morgan fingerprint density at radius 3 is 2.62 bits per heavy atom. The fourth-order valence-electron chi connectivity index (χ4n) is 1.17. The van der Waals surface area contributed by atoms with Crippen LogP contribution in [0, 0.1) is 0 Å². The number of hydrogen-bond acceptors (Lipinski definition) is 2. The van der Waals surface area contributed by atoms with Gasteiger partial charge in [-0.1, -0.05) is 23.3 Å². The maximum absolute atomic E-state index is 11.3. The first-order valence-corrected chi connectivity index (χ1v) is 6.12. The lowest BCUT2D eigenvalue weighted by Crippen LogP contribution is -2.01. The third-order valence-electron chi connectivity index (χ3n) is 1.79. The molecule has 0 aromatic heterocycles. The van der Waals surface area contributed by atoms with Crippen molar-refractivity contribution in [3.05, 3.63) is 33.7 Å². The van der Waals surface area contributed by atoms with E-state index in [1.807, 2.05) is 6.08 Å². The first-order valence-electron chi connectivity index (χ1n) is 3.85. The monoisotopic (exact) mass is 218 g/mol. The van der Waals surface area contributed by atoms with E-state index >= 15 is 0 Å². The molecule has 0 atom stereocenters. The number of hydrogen-bond donors (Lipinski definition) is 0. The quantitative estimate of drug-likeness (QED) is 0.677. The second kappa shape index (κ2) is 3.68. The summed E-state index contributed by atoms with van der Waals surface area (Å²) in [5.41, 5.74) is 0.828. The lowest BCUT2D eigenvalue weighted by Gasteiger charge is -2.02. The normalized spacial score (nSPS) is 18.5. The highest BCUT2D eigenvalue weighted by Gasteiger charge is 2.13. The molecule has 0 N–H and O–H groups in total. The van der Waals surface area contributed by atoms with Crippen LogP contribution in [-0.4, -0.2) is 14.7 Å². The molecule has 0 spiro atoms. The molecule has 2 nitrogen and oxygen atoms in total. The van der Waals surface area contributed by atoms with Crippen LogP contribution in [0.15, 0.2) is 33.7 Å². The third kappa shape index (κ3) is 2.71. The van der Waals surface area contributed by atoms with Gasteiger partial charge >= 0.3 is 0 Å². The molecule has 0 saturated heterocycles. The van der Waals surface area contributed by atoms with Gasteiger partial charge in [-0.15, -0.1) is 0 Å². The molecule has 0 heterocycles. The Bertz CT molecular complexity index is 399. The number of halogens is 1. The fourth-order valence-corrected chi connectivity index (χ4v) is 2.49. The zero-order valence-corrected chi connectivity index (χ0v) is 9.11. The molecular formula is C9H11ClO2S. The van der Waals surface area contributed by atoms with Crippen LogP contribution in [0.3, 0.4) is 0 Å². The van der Waals surface area contributed by atoms with Gasteiger partial charge < -0.3 is 0 Å². The Morgan fingerprint density at radius 2 is 2.08 bits per heavy atom. The van der Waals surface area contributed by atoms with Crippen molar-refractivity contribution in [3.63, 3.8) is 0 Å². The highest BCUT2D eigenvalue weighted by molar-refractivity contribution is 7.94. The predicted molar refractivity (Wildman–Crippen MR) is 55.2 cm³/mol. The third-order valence-corrected chi connectivity index (χ3v) is 3.29. The lowest BCUT2D eigenvalue weighted by molar-refractivity contribution is 0.608. The molecule has 13 heavy (non-hydrogen) atoms. The van der Waals surface area contributed by atoms with Gasteiger partial charge in [-0.25, -0.2) is 8.42 Å². The molecule has 72 valence electrons.